The number of morpholine rings is 1. The van der Waals surface area contributed by atoms with Crippen LogP contribution in [0.2, 0.25) is 0 Å². The van der Waals surface area contributed by atoms with Crippen LogP contribution in [0.3, 0.4) is 0 Å². The number of fused-ring (bicyclic) bond motifs is 1. The van der Waals surface area contributed by atoms with Crippen LogP contribution < -0.4 is 5.32 Å². The Hall–Kier alpha value is -0.130. The standard InChI is InChI=1S/C10H17NO3S/c12-15(13)5-8-9(6-15)14-7-10(11-8)3-1-2-4-10/h8-9,11H,1-7H2. The monoisotopic (exact) mass is 231 g/mol. The number of hydrogen-bond donors (Lipinski definition) is 1. The van der Waals surface area contributed by atoms with Gasteiger partial charge in [0.1, 0.15) is 0 Å². The fourth-order valence-corrected chi connectivity index (χ4v) is 4.97. The Balaban J connectivity index is 1.78. The van der Waals surface area contributed by atoms with Crippen molar-refractivity contribution in [2.24, 2.45) is 0 Å². The molecule has 2 heterocycles. The lowest BCUT2D eigenvalue weighted by molar-refractivity contribution is -0.0399. The first-order valence-corrected chi connectivity index (χ1v) is 7.51. The molecule has 1 aliphatic carbocycles. The van der Waals surface area contributed by atoms with Gasteiger partial charge in [-0.15, -0.1) is 0 Å². The number of ether oxygens (including phenoxy) is 1. The van der Waals surface area contributed by atoms with E-state index in [2.05, 4.69) is 5.32 Å². The van der Waals surface area contributed by atoms with Crippen LogP contribution in [0.1, 0.15) is 25.7 Å². The predicted molar refractivity (Wildman–Crippen MR) is 56.5 cm³/mol. The summed E-state index contributed by atoms with van der Waals surface area (Å²) in [7, 11) is -2.86. The lowest BCUT2D eigenvalue weighted by atomic mass is 9.94. The Morgan fingerprint density at radius 2 is 1.93 bits per heavy atom. The molecular weight excluding hydrogens is 214 g/mol. The molecule has 1 saturated carbocycles. The summed E-state index contributed by atoms with van der Waals surface area (Å²) in [4.78, 5) is 0. The van der Waals surface area contributed by atoms with Crippen molar-refractivity contribution in [3.63, 3.8) is 0 Å². The Morgan fingerprint density at radius 1 is 1.20 bits per heavy atom. The summed E-state index contributed by atoms with van der Waals surface area (Å²) in [5, 5.41) is 3.54. The summed E-state index contributed by atoms with van der Waals surface area (Å²) in [6, 6.07) is 0.0434. The molecule has 0 aromatic carbocycles. The van der Waals surface area contributed by atoms with Gasteiger partial charge in [0, 0.05) is 11.6 Å². The lowest BCUT2D eigenvalue weighted by Gasteiger charge is -2.40. The van der Waals surface area contributed by atoms with E-state index in [4.69, 9.17) is 4.74 Å². The molecule has 3 aliphatic rings. The van der Waals surface area contributed by atoms with Gasteiger partial charge in [-0.05, 0) is 12.8 Å². The largest absolute Gasteiger partial charge is 0.374 e. The first kappa shape index (κ1) is 10.1. The van der Waals surface area contributed by atoms with Crippen molar-refractivity contribution in [1.29, 1.82) is 0 Å². The number of nitrogens with one attached hydrogen (secondary N) is 1. The molecule has 2 aliphatic heterocycles. The molecule has 4 nitrogen and oxygen atoms in total. The van der Waals surface area contributed by atoms with Gasteiger partial charge in [0.05, 0.1) is 24.2 Å². The molecule has 0 bridgehead atoms. The smallest absolute Gasteiger partial charge is 0.154 e. The van der Waals surface area contributed by atoms with Crippen LogP contribution in [0.25, 0.3) is 0 Å². The maximum Gasteiger partial charge on any atom is 0.154 e. The first-order valence-electron chi connectivity index (χ1n) is 5.68. The summed E-state index contributed by atoms with van der Waals surface area (Å²) >= 11 is 0. The van der Waals surface area contributed by atoms with E-state index in [1.54, 1.807) is 0 Å². The van der Waals surface area contributed by atoms with Gasteiger partial charge in [0.2, 0.25) is 0 Å². The summed E-state index contributed by atoms with van der Waals surface area (Å²) < 4.78 is 28.7. The van der Waals surface area contributed by atoms with Crippen LogP contribution in [0.5, 0.6) is 0 Å². The van der Waals surface area contributed by atoms with Gasteiger partial charge in [-0.25, -0.2) is 8.42 Å². The maximum atomic E-state index is 11.5. The molecule has 2 atom stereocenters. The third-order valence-corrected chi connectivity index (χ3v) is 5.63. The molecule has 1 spiro atoms. The van der Waals surface area contributed by atoms with Crippen LogP contribution >= 0.6 is 0 Å². The molecule has 3 rings (SSSR count). The highest BCUT2D eigenvalue weighted by Crippen LogP contribution is 2.35. The van der Waals surface area contributed by atoms with Crippen LogP contribution in [-0.2, 0) is 14.6 Å². The molecule has 0 aromatic heterocycles. The number of hydrogen-bond acceptors (Lipinski definition) is 4. The average Bonchev–Trinajstić information content (AvgIpc) is 2.69. The first-order chi connectivity index (χ1) is 7.09. The summed E-state index contributed by atoms with van der Waals surface area (Å²) in [6.45, 7) is 0.698. The Morgan fingerprint density at radius 3 is 2.67 bits per heavy atom. The van der Waals surface area contributed by atoms with Gasteiger partial charge in [0.15, 0.2) is 9.84 Å². The minimum atomic E-state index is -2.86. The zero-order valence-corrected chi connectivity index (χ0v) is 9.55. The Kier molecular flexibility index (Phi) is 2.13. The van der Waals surface area contributed by atoms with E-state index in [-0.39, 0.29) is 29.2 Å². The van der Waals surface area contributed by atoms with Crippen molar-refractivity contribution < 1.29 is 13.2 Å². The van der Waals surface area contributed by atoms with Gasteiger partial charge in [0.25, 0.3) is 0 Å². The van der Waals surface area contributed by atoms with Crippen molar-refractivity contribution in [2.75, 3.05) is 18.1 Å². The molecular formula is C10H17NO3S. The minimum Gasteiger partial charge on any atom is -0.374 e. The molecule has 86 valence electrons. The highest BCUT2D eigenvalue weighted by atomic mass is 32.2. The second-order valence-electron chi connectivity index (χ2n) is 5.16. The van der Waals surface area contributed by atoms with Crippen LogP contribution in [0.15, 0.2) is 0 Å². The molecule has 3 fully saturated rings. The summed E-state index contributed by atoms with van der Waals surface area (Å²) in [5.74, 6) is 0.472. The molecule has 0 radical (unpaired) electrons. The molecule has 2 saturated heterocycles. The number of rotatable bonds is 0. The van der Waals surface area contributed by atoms with Crippen molar-refractivity contribution >= 4 is 9.84 Å². The van der Waals surface area contributed by atoms with Crippen molar-refractivity contribution in [3.8, 4) is 0 Å². The van der Waals surface area contributed by atoms with Gasteiger partial charge in [-0.2, -0.15) is 0 Å². The summed E-state index contributed by atoms with van der Waals surface area (Å²) in [5.41, 5.74) is 0.0982. The Labute approximate surface area is 90.3 Å². The van der Waals surface area contributed by atoms with E-state index in [0.29, 0.717) is 6.61 Å². The van der Waals surface area contributed by atoms with Crippen molar-refractivity contribution in [1.82, 2.24) is 5.32 Å². The van der Waals surface area contributed by atoms with Gasteiger partial charge < -0.3 is 10.1 Å². The van der Waals surface area contributed by atoms with Gasteiger partial charge >= 0.3 is 0 Å². The molecule has 5 heteroatoms. The van der Waals surface area contributed by atoms with E-state index in [1.807, 2.05) is 0 Å². The van der Waals surface area contributed by atoms with E-state index >= 15 is 0 Å². The second kappa shape index (κ2) is 3.18. The second-order valence-corrected chi connectivity index (χ2v) is 7.32. The van der Waals surface area contributed by atoms with Crippen molar-refractivity contribution in [3.05, 3.63) is 0 Å². The van der Waals surface area contributed by atoms with Crippen molar-refractivity contribution in [2.45, 2.75) is 43.4 Å². The lowest BCUT2D eigenvalue weighted by Crippen LogP contribution is -2.60. The van der Waals surface area contributed by atoms with E-state index in [1.165, 1.54) is 12.8 Å². The zero-order valence-electron chi connectivity index (χ0n) is 8.74. The Bertz CT molecular complexity index is 359. The van der Waals surface area contributed by atoms with Gasteiger partial charge in [-0.3, -0.25) is 0 Å². The van der Waals surface area contributed by atoms with E-state index in [9.17, 15) is 8.42 Å². The SMILES string of the molecule is O=S1(=O)CC2NC3(CCCC3)COC2C1. The van der Waals surface area contributed by atoms with Crippen LogP contribution in [0, 0.1) is 0 Å². The van der Waals surface area contributed by atoms with Gasteiger partial charge in [-0.1, -0.05) is 12.8 Å². The topological polar surface area (TPSA) is 55.4 Å². The quantitative estimate of drug-likeness (QED) is 0.642. The molecule has 0 amide bonds. The normalized spacial score (nSPS) is 41.9. The summed E-state index contributed by atoms with van der Waals surface area (Å²) in [6.07, 6.45) is 4.65. The predicted octanol–water partition coefficient (Wildman–Crippen LogP) is 0.0846. The van der Waals surface area contributed by atoms with Crippen LogP contribution in [-0.4, -0.2) is 44.2 Å². The molecule has 15 heavy (non-hydrogen) atoms. The fraction of sp³-hybridized carbons (Fsp3) is 1.00. The third kappa shape index (κ3) is 1.70. The highest BCUT2D eigenvalue weighted by Gasteiger charge is 2.48. The fourth-order valence-electron chi connectivity index (χ4n) is 3.16. The van der Waals surface area contributed by atoms with E-state index < -0.39 is 9.84 Å². The highest BCUT2D eigenvalue weighted by molar-refractivity contribution is 7.91. The third-order valence-electron chi connectivity index (χ3n) is 3.93. The molecule has 2 unspecified atom stereocenters. The van der Waals surface area contributed by atoms with E-state index in [0.717, 1.165) is 12.8 Å². The number of sulfone groups is 1. The molecule has 0 aromatic rings. The van der Waals surface area contributed by atoms with Crippen LogP contribution in [0.4, 0.5) is 0 Å². The molecule has 1 N–H and O–H groups in total. The minimum absolute atomic E-state index is 0.0434. The maximum absolute atomic E-state index is 11.5. The average molecular weight is 231 g/mol. The zero-order chi connectivity index (χ0) is 10.5.